The van der Waals surface area contributed by atoms with Gasteiger partial charge in [0.1, 0.15) is 6.61 Å². The third-order valence-electron chi connectivity index (χ3n) is 5.84. The van der Waals surface area contributed by atoms with E-state index in [9.17, 15) is 4.79 Å². The van der Waals surface area contributed by atoms with Crippen LogP contribution in [0.5, 0.6) is 0 Å². The van der Waals surface area contributed by atoms with E-state index in [0.29, 0.717) is 5.69 Å². The van der Waals surface area contributed by atoms with Crippen LogP contribution in [0, 0.1) is 6.92 Å². The molecule has 1 heterocycles. The predicted octanol–water partition coefficient (Wildman–Crippen LogP) is 4.52. The molecular weight excluding hydrogens is 391 g/mol. The number of aryl methyl sites for hydroxylation is 1. The second-order valence-electron chi connectivity index (χ2n) is 8.84. The van der Waals surface area contributed by atoms with E-state index in [1.54, 1.807) is 0 Å². The molecule has 1 aliphatic heterocycles. The van der Waals surface area contributed by atoms with Gasteiger partial charge in [-0.05, 0) is 68.9 Å². The smallest absolute Gasteiger partial charge is 0.445 e. The number of hydrogen-bond acceptors (Lipinski definition) is 5. The molecule has 7 heteroatoms. The van der Waals surface area contributed by atoms with Crippen LogP contribution in [0.1, 0.15) is 44.4 Å². The van der Waals surface area contributed by atoms with E-state index < -0.39 is 24.4 Å². The van der Waals surface area contributed by atoms with Crippen molar-refractivity contribution in [1.29, 1.82) is 0 Å². The van der Waals surface area contributed by atoms with Gasteiger partial charge in [-0.1, -0.05) is 42.5 Å². The van der Waals surface area contributed by atoms with Crippen molar-refractivity contribution in [2.24, 2.45) is 0 Å². The van der Waals surface area contributed by atoms with Crippen LogP contribution in [0.25, 0.3) is 6.08 Å². The van der Waals surface area contributed by atoms with Crippen molar-refractivity contribution in [2.45, 2.75) is 52.4 Å². The number of anilines is 1. The number of carbonyl (C=O) groups excluding carboxylic acids is 1. The molecule has 0 saturated carbocycles. The third-order valence-corrected chi connectivity index (χ3v) is 5.84. The number of hydrogen-bond donors (Lipinski definition) is 2. The summed E-state index contributed by atoms with van der Waals surface area (Å²) in [7, 11) is -0.587. The molecule has 0 unspecified atom stereocenters. The first-order valence-corrected chi connectivity index (χ1v) is 10.4. The third kappa shape index (κ3) is 5.68. The largest absolute Gasteiger partial charge is 0.492 e. The summed E-state index contributed by atoms with van der Waals surface area (Å²) in [5.74, 6) is 0. The first-order valence-electron chi connectivity index (χ1n) is 10.4. The number of ether oxygens (including phenoxy) is 1. The van der Waals surface area contributed by atoms with Crippen molar-refractivity contribution in [3.8, 4) is 0 Å². The monoisotopic (exact) mass is 422 g/mol. The maximum atomic E-state index is 12.3. The Hall–Kier alpha value is -2.77. The van der Waals surface area contributed by atoms with Gasteiger partial charge in [0, 0.05) is 12.2 Å². The zero-order valence-corrected chi connectivity index (χ0v) is 18.9. The number of rotatable bonds is 6. The standard InChI is InChI=1S/C24H31BN2O4/c1-17-13-21(26)12-11-19(17)14-20(25-30-23(2,3)24(4,5)31-25)15-27-22(28)29-16-18-9-7-6-8-10-18/h6-14H,15-16,26H2,1-5H3,(H,27,28). The SMILES string of the molecule is Cc1cc(N)ccc1C=C(CNC(=O)OCc1ccccc1)B1OC(C)(C)C(C)(C)O1. The second kappa shape index (κ2) is 9.16. The average molecular weight is 422 g/mol. The van der Waals surface area contributed by atoms with E-state index >= 15 is 0 Å². The lowest BCUT2D eigenvalue weighted by Crippen LogP contribution is -2.41. The fourth-order valence-corrected chi connectivity index (χ4v) is 3.21. The highest BCUT2D eigenvalue weighted by atomic mass is 16.7. The van der Waals surface area contributed by atoms with Crippen molar-refractivity contribution in [3.05, 3.63) is 70.7 Å². The summed E-state index contributed by atoms with van der Waals surface area (Å²) in [6.07, 6.45) is 1.48. The highest BCUT2D eigenvalue weighted by Gasteiger charge is 2.52. The highest BCUT2D eigenvalue weighted by molar-refractivity contribution is 6.56. The zero-order valence-electron chi connectivity index (χ0n) is 18.9. The van der Waals surface area contributed by atoms with Gasteiger partial charge in [0.25, 0.3) is 0 Å². The molecule has 0 radical (unpaired) electrons. The molecule has 31 heavy (non-hydrogen) atoms. The lowest BCUT2D eigenvalue weighted by Gasteiger charge is -2.32. The Bertz CT molecular complexity index is 941. The number of nitrogen functional groups attached to an aromatic ring is 1. The Labute approximate surface area is 184 Å². The van der Waals surface area contributed by atoms with Gasteiger partial charge in [-0.2, -0.15) is 0 Å². The molecule has 2 aromatic carbocycles. The fourth-order valence-electron chi connectivity index (χ4n) is 3.21. The number of carbonyl (C=O) groups is 1. The van der Waals surface area contributed by atoms with Gasteiger partial charge in [-0.3, -0.25) is 0 Å². The molecule has 2 aromatic rings. The summed E-state index contributed by atoms with van der Waals surface area (Å²) in [5.41, 5.74) is 9.36. The van der Waals surface area contributed by atoms with Gasteiger partial charge in [0.2, 0.25) is 0 Å². The lowest BCUT2D eigenvalue weighted by atomic mass is 9.76. The molecule has 0 bridgehead atoms. The molecule has 1 saturated heterocycles. The van der Waals surface area contributed by atoms with Crippen molar-refractivity contribution >= 4 is 25.0 Å². The summed E-state index contributed by atoms with van der Waals surface area (Å²) in [6, 6.07) is 15.3. The molecule has 0 spiro atoms. The Morgan fingerprint density at radius 2 is 1.74 bits per heavy atom. The topological polar surface area (TPSA) is 82.8 Å². The minimum atomic E-state index is -0.587. The Morgan fingerprint density at radius 1 is 1.10 bits per heavy atom. The van der Waals surface area contributed by atoms with Crippen molar-refractivity contribution < 1.29 is 18.8 Å². The minimum absolute atomic E-state index is 0.208. The van der Waals surface area contributed by atoms with Crippen molar-refractivity contribution in [2.75, 3.05) is 12.3 Å². The van der Waals surface area contributed by atoms with Gasteiger partial charge in [-0.15, -0.1) is 0 Å². The Balaban J connectivity index is 1.74. The summed E-state index contributed by atoms with van der Waals surface area (Å²) in [5, 5.41) is 2.82. The van der Waals surface area contributed by atoms with Gasteiger partial charge in [0.15, 0.2) is 0 Å². The molecule has 0 atom stereocenters. The second-order valence-corrected chi connectivity index (χ2v) is 8.84. The van der Waals surface area contributed by atoms with E-state index in [0.717, 1.165) is 22.2 Å². The van der Waals surface area contributed by atoms with Crippen LogP contribution in [-0.4, -0.2) is 31.0 Å². The molecule has 3 rings (SSSR count). The molecule has 6 nitrogen and oxygen atoms in total. The summed E-state index contributed by atoms with van der Waals surface area (Å²) in [4.78, 5) is 12.3. The zero-order chi connectivity index (χ0) is 22.6. The van der Waals surface area contributed by atoms with Crippen LogP contribution in [0.2, 0.25) is 0 Å². The van der Waals surface area contributed by atoms with Gasteiger partial charge < -0.3 is 25.1 Å². The maximum absolute atomic E-state index is 12.3. The molecule has 1 aliphatic rings. The van der Waals surface area contributed by atoms with Crippen LogP contribution in [0.4, 0.5) is 10.5 Å². The van der Waals surface area contributed by atoms with Crippen LogP contribution in [0.15, 0.2) is 54.0 Å². The summed E-state index contributed by atoms with van der Waals surface area (Å²) < 4.78 is 17.8. The normalized spacial score (nSPS) is 17.5. The molecule has 0 aromatic heterocycles. The van der Waals surface area contributed by atoms with E-state index in [4.69, 9.17) is 19.8 Å². The first kappa shape index (κ1) is 22.9. The summed E-state index contributed by atoms with van der Waals surface area (Å²) in [6.45, 7) is 10.4. The summed E-state index contributed by atoms with van der Waals surface area (Å²) >= 11 is 0. The fraction of sp³-hybridized carbons (Fsp3) is 0.375. The Kier molecular flexibility index (Phi) is 6.77. The van der Waals surface area contributed by atoms with Crippen LogP contribution >= 0.6 is 0 Å². The van der Waals surface area contributed by atoms with E-state index in [1.165, 1.54) is 0 Å². The molecule has 3 N–H and O–H groups in total. The van der Waals surface area contributed by atoms with E-state index in [2.05, 4.69) is 5.32 Å². The molecule has 0 aliphatic carbocycles. The molecule has 164 valence electrons. The maximum Gasteiger partial charge on any atom is 0.492 e. The number of nitrogens with one attached hydrogen (secondary N) is 1. The lowest BCUT2D eigenvalue weighted by molar-refractivity contribution is 0.00578. The van der Waals surface area contributed by atoms with Crippen LogP contribution in [-0.2, 0) is 20.7 Å². The first-order chi connectivity index (χ1) is 14.6. The highest BCUT2D eigenvalue weighted by Crippen LogP contribution is 2.38. The average Bonchev–Trinajstić information content (AvgIpc) is 2.93. The molecule has 1 fully saturated rings. The van der Waals surface area contributed by atoms with Crippen LogP contribution in [0.3, 0.4) is 0 Å². The number of benzene rings is 2. The Morgan fingerprint density at radius 3 is 2.35 bits per heavy atom. The predicted molar refractivity (Wildman–Crippen MR) is 124 cm³/mol. The van der Waals surface area contributed by atoms with Gasteiger partial charge in [0.05, 0.1) is 11.2 Å². The van der Waals surface area contributed by atoms with Gasteiger partial charge >= 0.3 is 13.2 Å². The van der Waals surface area contributed by atoms with Gasteiger partial charge in [-0.25, -0.2) is 4.79 Å². The quantitative estimate of drug-likeness (QED) is 0.529. The number of alkyl carbamates (subject to hydrolysis) is 1. The van der Waals surface area contributed by atoms with E-state index in [-0.39, 0.29) is 13.2 Å². The molecule has 1 amide bonds. The van der Waals surface area contributed by atoms with Crippen LogP contribution < -0.4 is 11.1 Å². The number of nitrogens with two attached hydrogens (primary N) is 1. The minimum Gasteiger partial charge on any atom is -0.445 e. The van der Waals surface area contributed by atoms with Crippen molar-refractivity contribution in [1.82, 2.24) is 5.32 Å². The molecular formula is C24H31BN2O4. The number of amides is 1. The van der Waals surface area contributed by atoms with E-state index in [1.807, 2.05) is 89.2 Å². The van der Waals surface area contributed by atoms with Crippen molar-refractivity contribution in [3.63, 3.8) is 0 Å².